The molecule has 0 saturated heterocycles. The summed E-state index contributed by atoms with van der Waals surface area (Å²) in [6.45, 7) is 1.21. The van der Waals surface area contributed by atoms with Crippen molar-refractivity contribution in [2.24, 2.45) is 0 Å². The zero-order valence-corrected chi connectivity index (χ0v) is 8.96. The van der Waals surface area contributed by atoms with Crippen LogP contribution in [0.5, 0.6) is 0 Å². The maximum atomic E-state index is 13.2. The molecule has 0 aromatic carbocycles. The Morgan fingerprint density at radius 2 is 2.12 bits per heavy atom. The zero-order valence-electron chi connectivity index (χ0n) is 8.96. The van der Waals surface area contributed by atoms with Crippen LogP contribution in [-0.4, -0.2) is 16.2 Å². The summed E-state index contributed by atoms with van der Waals surface area (Å²) in [5.41, 5.74) is -0.495. The van der Waals surface area contributed by atoms with E-state index in [9.17, 15) is 13.9 Å². The average Bonchev–Trinajstić information content (AvgIpc) is 3.07. The summed E-state index contributed by atoms with van der Waals surface area (Å²) in [7, 11) is 0. The Kier molecular flexibility index (Phi) is 1.80. The molecule has 88 valence electrons. The molecule has 2 aliphatic rings. The van der Waals surface area contributed by atoms with Gasteiger partial charge in [0.15, 0.2) is 0 Å². The lowest BCUT2D eigenvalue weighted by Gasteiger charge is -2.07. The lowest BCUT2D eigenvalue weighted by atomic mass is 9.98. The van der Waals surface area contributed by atoms with Crippen LogP contribution in [0.4, 0.5) is 8.78 Å². The normalized spacial score (nSPS) is 31.8. The molecule has 5 heteroatoms. The molecule has 3 nitrogen and oxygen atoms in total. The molecule has 0 amide bonds. The van der Waals surface area contributed by atoms with E-state index in [4.69, 9.17) is 4.52 Å². The Balaban J connectivity index is 2.02. The van der Waals surface area contributed by atoms with E-state index in [0.29, 0.717) is 11.3 Å². The van der Waals surface area contributed by atoms with Crippen LogP contribution in [0.2, 0.25) is 0 Å². The molecule has 0 bridgehead atoms. The fraction of sp³-hybridized carbons (Fsp3) is 0.727. The minimum absolute atomic E-state index is 0.205. The highest BCUT2D eigenvalue weighted by molar-refractivity contribution is 5.40. The van der Waals surface area contributed by atoms with Gasteiger partial charge < -0.3 is 9.63 Å². The summed E-state index contributed by atoms with van der Waals surface area (Å²) in [4.78, 5) is 0. The number of hydrogen-bond donors (Lipinski definition) is 1. The van der Waals surface area contributed by atoms with Crippen LogP contribution in [0.25, 0.3) is 0 Å². The lowest BCUT2D eigenvalue weighted by molar-refractivity contribution is 0.0897. The van der Waals surface area contributed by atoms with Crippen molar-refractivity contribution in [1.82, 2.24) is 5.16 Å². The van der Waals surface area contributed by atoms with E-state index < -0.39 is 11.3 Å². The van der Waals surface area contributed by atoms with Crippen molar-refractivity contribution in [2.45, 2.75) is 50.0 Å². The van der Waals surface area contributed by atoms with Crippen LogP contribution in [0, 0.1) is 0 Å². The van der Waals surface area contributed by atoms with Crippen molar-refractivity contribution in [3.05, 3.63) is 17.0 Å². The third-order valence-corrected chi connectivity index (χ3v) is 3.71. The molecule has 0 aliphatic heterocycles. The van der Waals surface area contributed by atoms with E-state index in [0.717, 1.165) is 12.8 Å². The molecule has 1 N–H and O–H groups in total. The van der Waals surface area contributed by atoms with E-state index >= 15 is 0 Å². The van der Waals surface area contributed by atoms with Gasteiger partial charge in [0.05, 0.1) is 12.0 Å². The smallest absolute Gasteiger partial charge is 0.260 e. The number of hydrogen-bond acceptors (Lipinski definition) is 3. The number of aromatic nitrogens is 1. The number of alkyl halides is 2. The first kappa shape index (κ1) is 10.2. The molecular formula is C11H13F2NO2. The molecule has 1 aromatic heterocycles. The van der Waals surface area contributed by atoms with Crippen LogP contribution in [-0.2, 0) is 12.0 Å². The number of nitrogens with zero attached hydrogens (tertiary/aromatic N) is 1. The van der Waals surface area contributed by atoms with Crippen LogP contribution < -0.4 is 0 Å². The molecule has 0 radical (unpaired) electrons. The Labute approximate surface area is 91.4 Å². The zero-order chi connectivity index (χ0) is 11.6. The summed E-state index contributed by atoms with van der Waals surface area (Å²) in [5, 5.41) is 13.0. The van der Waals surface area contributed by atoms with Crippen molar-refractivity contribution >= 4 is 0 Å². The number of aliphatic hydroxyl groups excluding tert-OH is 1. The molecule has 1 aromatic rings. The summed E-state index contributed by atoms with van der Waals surface area (Å²) in [6.07, 6.45) is 1.78. The molecule has 16 heavy (non-hydrogen) atoms. The highest BCUT2D eigenvalue weighted by Crippen LogP contribution is 2.62. The lowest BCUT2D eigenvalue weighted by Crippen LogP contribution is -2.14. The second-order valence-corrected chi connectivity index (χ2v) is 5.02. The predicted octanol–water partition coefficient (Wildman–Crippen LogP) is 2.34. The second-order valence-electron chi connectivity index (χ2n) is 5.02. The molecule has 1 unspecified atom stereocenters. The van der Waals surface area contributed by atoms with Gasteiger partial charge in [0.2, 0.25) is 0 Å². The molecule has 3 rings (SSSR count). The van der Waals surface area contributed by atoms with Crippen LogP contribution in [0.3, 0.4) is 0 Å². The van der Waals surface area contributed by atoms with E-state index in [2.05, 4.69) is 5.16 Å². The molecule has 2 fully saturated rings. The van der Waals surface area contributed by atoms with Gasteiger partial charge in [0.1, 0.15) is 11.5 Å². The van der Waals surface area contributed by atoms with E-state index in [1.54, 1.807) is 0 Å². The second kappa shape index (κ2) is 2.83. The van der Waals surface area contributed by atoms with Crippen molar-refractivity contribution in [2.75, 3.05) is 0 Å². The first-order valence-corrected chi connectivity index (χ1v) is 5.47. The number of aliphatic hydroxyl groups is 1. The largest absolute Gasteiger partial charge is 0.391 e. The van der Waals surface area contributed by atoms with Gasteiger partial charge >= 0.3 is 0 Å². The third kappa shape index (κ3) is 1.18. The van der Waals surface area contributed by atoms with Gasteiger partial charge in [-0.05, 0) is 19.8 Å². The molecule has 1 heterocycles. The first-order chi connectivity index (χ1) is 7.49. The molecule has 1 atom stereocenters. The van der Waals surface area contributed by atoms with Gasteiger partial charge in [-0.3, -0.25) is 0 Å². The topological polar surface area (TPSA) is 46.3 Å². The minimum Gasteiger partial charge on any atom is -0.391 e. The Bertz CT molecular complexity index is 439. The third-order valence-electron chi connectivity index (χ3n) is 3.71. The van der Waals surface area contributed by atoms with Gasteiger partial charge in [0.25, 0.3) is 5.92 Å². The Morgan fingerprint density at radius 1 is 1.50 bits per heavy atom. The van der Waals surface area contributed by atoms with Gasteiger partial charge in [-0.15, -0.1) is 0 Å². The van der Waals surface area contributed by atoms with Gasteiger partial charge in [0, 0.05) is 17.9 Å². The summed E-state index contributed by atoms with van der Waals surface area (Å²) in [5.74, 6) is -1.82. The molecular weight excluding hydrogens is 216 g/mol. The monoisotopic (exact) mass is 229 g/mol. The SMILES string of the molecule is CC1(c2noc(C3CC3)c2CO)CC1(F)F. The first-order valence-electron chi connectivity index (χ1n) is 5.47. The predicted molar refractivity (Wildman–Crippen MR) is 51.3 cm³/mol. The van der Waals surface area contributed by atoms with Crippen LogP contribution in [0.15, 0.2) is 4.52 Å². The van der Waals surface area contributed by atoms with Crippen LogP contribution >= 0.6 is 0 Å². The Morgan fingerprint density at radius 3 is 2.56 bits per heavy atom. The highest BCUT2D eigenvalue weighted by Gasteiger charge is 2.71. The van der Waals surface area contributed by atoms with Crippen molar-refractivity contribution in [3.8, 4) is 0 Å². The summed E-state index contributed by atoms with van der Waals surface area (Å²) >= 11 is 0. The van der Waals surface area contributed by atoms with E-state index in [1.807, 2.05) is 0 Å². The van der Waals surface area contributed by atoms with E-state index in [-0.39, 0.29) is 24.6 Å². The standard InChI is InChI=1S/C11H13F2NO2/c1-10(5-11(10,12)13)9-7(4-15)8(16-14-9)6-2-3-6/h6,15H,2-5H2,1H3. The van der Waals surface area contributed by atoms with Gasteiger partial charge in [-0.1, -0.05) is 5.16 Å². The molecule has 0 spiro atoms. The summed E-state index contributed by atoms with van der Waals surface area (Å²) < 4.78 is 31.6. The molecule has 2 aliphatic carbocycles. The fourth-order valence-corrected chi connectivity index (χ4v) is 2.23. The number of rotatable bonds is 3. The number of halogens is 2. The van der Waals surface area contributed by atoms with Crippen molar-refractivity contribution < 1.29 is 18.4 Å². The van der Waals surface area contributed by atoms with Crippen LogP contribution in [0.1, 0.15) is 49.1 Å². The maximum Gasteiger partial charge on any atom is 0.260 e. The van der Waals surface area contributed by atoms with Crippen molar-refractivity contribution in [1.29, 1.82) is 0 Å². The average molecular weight is 229 g/mol. The minimum atomic E-state index is -2.71. The molecule has 2 saturated carbocycles. The van der Waals surface area contributed by atoms with Gasteiger partial charge in [-0.2, -0.15) is 0 Å². The quantitative estimate of drug-likeness (QED) is 0.865. The Hall–Kier alpha value is -0.970. The van der Waals surface area contributed by atoms with Crippen molar-refractivity contribution in [3.63, 3.8) is 0 Å². The highest BCUT2D eigenvalue weighted by atomic mass is 19.3. The fourth-order valence-electron chi connectivity index (χ4n) is 2.23. The summed E-state index contributed by atoms with van der Waals surface area (Å²) in [6, 6.07) is 0. The van der Waals surface area contributed by atoms with Gasteiger partial charge in [-0.25, -0.2) is 8.78 Å². The van der Waals surface area contributed by atoms with E-state index in [1.165, 1.54) is 6.92 Å². The maximum absolute atomic E-state index is 13.2.